The zero-order valence-electron chi connectivity index (χ0n) is 19.2. The predicted octanol–water partition coefficient (Wildman–Crippen LogP) is 4.34. The summed E-state index contributed by atoms with van der Waals surface area (Å²) in [4.78, 5) is 28.0. The third-order valence-corrected chi connectivity index (χ3v) is 5.45. The van der Waals surface area contributed by atoms with Gasteiger partial charge in [-0.05, 0) is 69.2 Å². The number of aliphatic carboxylic acids is 2. The minimum atomic E-state index is -2.10. The molecule has 0 aliphatic carbocycles. The maximum Gasteiger partial charge on any atom is 0.325 e. The van der Waals surface area contributed by atoms with Gasteiger partial charge in [-0.1, -0.05) is 6.07 Å². The molecule has 2 aromatic carbocycles. The van der Waals surface area contributed by atoms with E-state index in [1.165, 1.54) is 13.0 Å². The number of benzene rings is 2. The van der Waals surface area contributed by atoms with E-state index in [-0.39, 0.29) is 18.3 Å². The quantitative estimate of drug-likeness (QED) is 0.460. The first-order valence-electron chi connectivity index (χ1n) is 10.4. The number of carbonyl (C=O) groups is 2. The zero-order chi connectivity index (χ0) is 24.3. The number of aromatic nitrogens is 1. The van der Waals surface area contributed by atoms with E-state index in [2.05, 4.69) is 4.98 Å². The summed E-state index contributed by atoms with van der Waals surface area (Å²) < 4.78 is 17.3. The van der Waals surface area contributed by atoms with Crippen LogP contribution in [0, 0.1) is 6.92 Å². The number of ether oxygens (including phenoxy) is 3. The highest BCUT2D eigenvalue weighted by atomic mass is 16.5. The molecule has 174 valence electrons. The van der Waals surface area contributed by atoms with Gasteiger partial charge in [-0.2, -0.15) is 0 Å². The second-order valence-corrected chi connectivity index (χ2v) is 8.16. The van der Waals surface area contributed by atoms with Crippen LogP contribution < -0.4 is 14.2 Å². The number of nitrogens with zero attached hydrogens (tertiary/aromatic N) is 1. The van der Waals surface area contributed by atoms with Gasteiger partial charge >= 0.3 is 11.9 Å². The van der Waals surface area contributed by atoms with Crippen LogP contribution in [0.2, 0.25) is 0 Å². The normalized spacial score (nSPS) is 11.5. The highest BCUT2D eigenvalue weighted by Gasteiger charge is 2.44. The summed E-state index contributed by atoms with van der Waals surface area (Å²) in [5.74, 6) is -1.28. The second kappa shape index (κ2) is 9.36. The first-order chi connectivity index (χ1) is 15.6. The average molecular weight is 453 g/mol. The van der Waals surface area contributed by atoms with Crippen LogP contribution in [0.3, 0.4) is 0 Å². The van der Waals surface area contributed by atoms with Crippen molar-refractivity contribution >= 4 is 22.8 Å². The predicted molar refractivity (Wildman–Crippen MR) is 122 cm³/mol. The maximum absolute atomic E-state index is 11.8. The van der Waals surface area contributed by atoms with Crippen LogP contribution >= 0.6 is 0 Å². The van der Waals surface area contributed by atoms with Crippen molar-refractivity contribution in [3.05, 3.63) is 59.3 Å². The van der Waals surface area contributed by atoms with Crippen molar-refractivity contribution in [3.63, 3.8) is 0 Å². The van der Waals surface area contributed by atoms with Crippen LogP contribution in [0.1, 0.15) is 37.5 Å². The molecular weight excluding hydrogens is 426 g/mol. The summed E-state index contributed by atoms with van der Waals surface area (Å²) in [5, 5.41) is 19.9. The largest absolute Gasteiger partial charge is 0.497 e. The van der Waals surface area contributed by atoms with Gasteiger partial charge in [0.15, 0.2) is 5.41 Å². The summed E-state index contributed by atoms with van der Waals surface area (Å²) in [7, 11) is 1.58. The summed E-state index contributed by atoms with van der Waals surface area (Å²) >= 11 is 0. The van der Waals surface area contributed by atoms with E-state index in [1.54, 1.807) is 32.4 Å². The monoisotopic (exact) mass is 453 g/mol. The third kappa shape index (κ3) is 4.69. The van der Waals surface area contributed by atoms with E-state index in [0.717, 1.165) is 10.9 Å². The van der Waals surface area contributed by atoms with E-state index in [0.29, 0.717) is 28.4 Å². The van der Waals surface area contributed by atoms with Crippen LogP contribution in [0.25, 0.3) is 10.9 Å². The van der Waals surface area contributed by atoms with Crippen LogP contribution in [0.4, 0.5) is 0 Å². The second-order valence-electron chi connectivity index (χ2n) is 8.16. The standard InChI is InChI=1S/C25H27NO7/c1-14(2)33-22-16(12-26-21-9-8-17(31-5)10-19(21)22)13-32-18-7-6-15(3)20(11-18)25(4,23(27)28)24(29)30/h6-12,14H,13H2,1-5H3,(H,27,28)(H,29,30). The molecule has 2 N–H and O–H groups in total. The van der Waals surface area contributed by atoms with Crippen molar-refractivity contribution in [1.29, 1.82) is 0 Å². The summed E-state index contributed by atoms with van der Waals surface area (Å²) in [6.07, 6.45) is 1.57. The summed E-state index contributed by atoms with van der Waals surface area (Å²) in [6, 6.07) is 10.3. The van der Waals surface area contributed by atoms with Gasteiger partial charge in [0.2, 0.25) is 0 Å². The SMILES string of the molecule is COc1ccc2ncc(COc3ccc(C)c(C(C)(C(=O)O)C(=O)O)c3)c(OC(C)C)c2c1. The van der Waals surface area contributed by atoms with Gasteiger partial charge in [-0.15, -0.1) is 0 Å². The molecule has 0 radical (unpaired) electrons. The van der Waals surface area contributed by atoms with Crippen molar-refractivity contribution in [2.75, 3.05) is 7.11 Å². The molecule has 0 amide bonds. The number of pyridine rings is 1. The lowest BCUT2D eigenvalue weighted by molar-refractivity contribution is -0.156. The lowest BCUT2D eigenvalue weighted by Crippen LogP contribution is -2.41. The number of hydrogen-bond acceptors (Lipinski definition) is 6. The Hall–Kier alpha value is -3.81. The number of hydrogen-bond donors (Lipinski definition) is 2. The fraction of sp³-hybridized carbons (Fsp3) is 0.320. The average Bonchev–Trinajstić information content (AvgIpc) is 2.77. The van der Waals surface area contributed by atoms with Crippen molar-refractivity contribution in [3.8, 4) is 17.2 Å². The highest BCUT2D eigenvalue weighted by Crippen LogP contribution is 2.34. The third-order valence-electron chi connectivity index (χ3n) is 5.45. The molecule has 0 saturated heterocycles. The van der Waals surface area contributed by atoms with E-state index >= 15 is 0 Å². The van der Waals surface area contributed by atoms with Gasteiger partial charge in [0.05, 0.1) is 24.3 Å². The van der Waals surface area contributed by atoms with E-state index < -0.39 is 17.4 Å². The fourth-order valence-corrected chi connectivity index (χ4v) is 3.51. The summed E-state index contributed by atoms with van der Waals surface area (Å²) in [6.45, 7) is 6.75. The van der Waals surface area contributed by atoms with E-state index in [4.69, 9.17) is 14.2 Å². The smallest absolute Gasteiger partial charge is 0.325 e. The molecule has 8 heteroatoms. The molecule has 33 heavy (non-hydrogen) atoms. The first kappa shape index (κ1) is 23.8. The molecule has 0 spiro atoms. The van der Waals surface area contributed by atoms with Crippen LogP contribution in [0.15, 0.2) is 42.6 Å². The lowest BCUT2D eigenvalue weighted by atomic mass is 9.80. The van der Waals surface area contributed by atoms with Crippen molar-refractivity contribution in [2.24, 2.45) is 0 Å². The molecule has 3 rings (SSSR count). The zero-order valence-corrected chi connectivity index (χ0v) is 19.2. The highest BCUT2D eigenvalue weighted by molar-refractivity contribution is 6.04. The van der Waals surface area contributed by atoms with Crippen LogP contribution in [-0.4, -0.2) is 40.3 Å². The molecule has 0 atom stereocenters. The Kier molecular flexibility index (Phi) is 6.76. The maximum atomic E-state index is 11.8. The van der Waals surface area contributed by atoms with Gasteiger partial charge in [0.25, 0.3) is 0 Å². The molecule has 8 nitrogen and oxygen atoms in total. The minimum Gasteiger partial charge on any atom is -0.497 e. The molecule has 0 saturated carbocycles. The number of aryl methyl sites for hydroxylation is 1. The molecule has 3 aromatic rings. The Labute approximate surface area is 191 Å². The Morgan fingerprint density at radius 1 is 1.06 bits per heavy atom. The molecule has 0 unspecified atom stereocenters. The Morgan fingerprint density at radius 2 is 1.73 bits per heavy atom. The van der Waals surface area contributed by atoms with Gasteiger partial charge in [-0.3, -0.25) is 14.6 Å². The van der Waals surface area contributed by atoms with Crippen LogP contribution in [-0.2, 0) is 21.6 Å². The molecule has 0 bridgehead atoms. The van der Waals surface area contributed by atoms with Crippen LogP contribution in [0.5, 0.6) is 17.2 Å². The summed E-state index contributed by atoms with van der Waals surface area (Å²) in [5.41, 5.74) is 0.0199. The Morgan fingerprint density at radius 3 is 2.33 bits per heavy atom. The number of rotatable bonds is 9. The number of methoxy groups -OCH3 is 1. The Bertz CT molecular complexity index is 1190. The number of fused-ring (bicyclic) bond motifs is 1. The van der Waals surface area contributed by atoms with Gasteiger partial charge in [-0.25, -0.2) is 0 Å². The van der Waals surface area contributed by atoms with Crippen molar-refractivity contribution in [2.45, 2.75) is 45.8 Å². The number of carboxylic acid groups (broad SMARTS) is 2. The van der Waals surface area contributed by atoms with E-state index in [1.807, 2.05) is 32.0 Å². The van der Waals surface area contributed by atoms with Gasteiger partial charge in [0.1, 0.15) is 23.9 Å². The number of carboxylic acids is 2. The lowest BCUT2D eigenvalue weighted by Gasteiger charge is -2.23. The van der Waals surface area contributed by atoms with Crippen molar-refractivity contribution in [1.82, 2.24) is 4.98 Å². The molecule has 1 aromatic heterocycles. The molecular formula is C25H27NO7. The van der Waals surface area contributed by atoms with Gasteiger partial charge < -0.3 is 24.4 Å². The molecule has 1 heterocycles. The molecule has 0 fully saturated rings. The van der Waals surface area contributed by atoms with Gasteiger partial charge in [0, 0.05) is 11.6 Å². The first-order valence-corrected chi connectivity index (χ1v) is 10.4. The van der Waals surface area contributed by atoms with E-state index in [9.17, 15) is 19.8 Å². The topological polar surface area (TPSA) is 115 Å². The molecule has 0 aliphatic rings. The Balaban J connectivity index is 1.99. The minimum absolute atomic E-state index is 0.0849. The van der Waals surface area contributed by atoms with Crippen molar-refractivity contribution < 1.29 is 34.0 Å². The fourth-order valence-electron chi connectivity index (χ4n) is 3.51. The molecule has 0 aliphatic heterocycles.